The number of thiophene rings is 1. The van der Waals surface area contributed by atoms with Crippen molar-refractivity contribution >= 4 is 44.6 Å². The van der Waals surface area contributed by atoms with Crippen LogP contribution in [0.3, 0.4) is 0 Å². The molecule has 0 saturated carbocycles. The van der Waals surface area contributed by atoms with Crippen LogP contribution in [-0.4, -0.2) is 26.0 Å². The lowest BCUT2D eigenvalue weighted by Crippen LogP contribution is -2.35. The summed E-state index contributed by atoms with van der Waals surface area (Å²) in [5.74, 6) is -1.54. The van der Waals surface area contributed by atoms with Gasteiger partial charge in [-0.3, -0.25) is 9.10 Å². The molecule has 0 bridgehead atoms. The topological polar surface area (TPSA) is 74.7 Å². The quantitative estimate of drug-likeness (QED) is 0.831. The molecule has 0 atom stereocenters. The van der Waals surface area contributed by atoms with Crippen LogP contribution in [0.15, 0.2) is 39.9 Å². The number of rotatable bonds is 5. The first-order valence-electron chi connectivity index (χ1n) is 6.18. The van der Waals surface area contributed by atoms with Crippen molar-refractivity contribution in [3.05, 3.63) is 46.3 Å². The number of halogens is 4. The predicted octanol–water partition coefficient (Wildman–Crippen LogP) is 3.70. The van der Waals surface area contributed by atoms with E-state index in [0.29, 0.717) is 16.4 Å². The summed E-state index contributed by atoms with van der Waals surface area (Å²) >= 11 is 6.64. The third-order valence-electron chi connectivity index (χ3n) is 2.86. The number of carboxylic acids is 1. The molecule has 24 heavy (non-hydrogen) atoms. The van der Waals surface area contributed by atoms with Crippen LogP contribution >= 0.6 is 22.9 Å². The summed E-state index contributed by atoms with van der Waals surface area (Å²) in [4.78, 5) is 11.0. The molecule has 0 unspecified atom stereocenters. The Hall–Kier alpha value is -1.78. The molecule has 0 aliphatic rings. The molecule has 1 N–H and O–H groups in total. The maximum absolute atomic E-state index is 12.9. The minimum absolute atomic E-state index is 0.211. The predicted molar refractivity (Wildman–Crippen MR) is 82.9 cm³/mol. The normalized spacial score (nSPS) is 12.2. The summed E-state index contributed by atoms with van der Waals surface area (Å²) in [6.07, 6.45) is -4.74. The maximum atomic E-state index is 12.9. The van der Waals surface area contributed by atoms with Gasteiger partial charge in [0.25, 0.3) is 10.0 Å². The average molecular weight is 400 g/mol. The zero-order chi connectivity index (χ0) is 18.1. The summed E-state index contributed by atoms with van der Waals surface area (Å²) in [5.41, 5.74) is -1.69. The summed E-state index contributed by atoms with van der Waals surface area (Å²) in [7, 11) is -4.37. The van der Waals surface area contributed by atoms with E-state index in [2.05, 4.69) is 0 Å². The maximum Gasteiger partial charge on any atom is 0.416 e. The smallest absolute Gasteiger partial charge is 0.416 e. The van der Waals surface area contributed by atoms with E-state index in [1.165, 1.54) is 17.5 Å². The molecule has 0 saturated heterocycles. The summed E-state index contributed by atoms with van der Waals surface area (Å²) < 4.78 is 63.9. The molecule has 0 spiro atoms. The molecular weight excluding hydrogens is 391 g/mol. The number of nitrogens with zero attached hydrogens (tertiary/aromatic N) is 1. The number of benzene rings is 1. The van der Waals surface area contributed by atoms with Gasteiger partial charge >= 0.3 is 12.1 Å². The molecule has 0 radical (unpaired) electrons. The fraction of sp³-hybridized carbons (Fsp3) is 0.154. The minimum atomic E-state index is -4.74. The van der Waals surface area contributed by atoms with Gasteiger partial charge in [0.2, 0.25) is 0 Å². The van der Waals surface area contributed by atoms with E-state index >= 15 is 0 Å². The number of hydrogen-bond acceptors (Lipinski definition) is 4. The number of sulfonamides is 1. The molecule has 0 aliphatic heterocycles. The Kier molecular flexibility index (Phi) is 5.11. The highest BCUT2D eigenvalue weighted by Crippen LogP contribution is 2.37. The van der Waals surface area contributed by atoms with Crippen molar-refractivity contribution in [1.82, 2.24) is 0 Å². The molecular formula is C13H9ClF3NO4S2. The monoisotopic (exact) mass is 399 g/mol. The second kappa shape index (κ2) is 6.61. The van der Waals surface area contributed by atoms with E-state index in [0.717, 1.165) is 17.4 Å². The molecule has 1 heterocycles. The number of carboxylic acid groups (broad SMARTS) is 1. The Labute approximate surface area is 143 Å². The Balaban J connectivity index is 2.64. The first-order valence-corrected chi connectivity index (χ1v) is 8.88. The van der Waals surface area contributed by atoms with Gasteiger partial charge in [0, 0.05) is 0 Å². The molecule has 0 aliphatic carbocycles. The molecule has 1 aromatic heterocycles. The van der Waals surface area contributed by atoms with Gasteiger partial charge < -0.3 is 5.11 Å². The summed E-state index contributed by atoms with van der Waals surface area (Å²) in [5, 5.41) is 10.1. The summed E-state index contributed by atoms with van der Waals surface area (Å²) in [6.45, 7) is -1.07. The fourth-order valence-electron chi connectivity index (χ4n) is 1.82. The van der Waals surface area contributed by atoms with Crippen LogP contribution in [0.1, 0.15) is 5.56 Å². The van der Waals surface area contributed by atoms with Gasteiger partial charge in [0.1, 0.15) is 10.8 Å². The lowest BCUT2D eigenvalue weighted by atomic mass is 10.2. The van der Waals surface area contributed by atoms with Gasteiger partial charge in [-0.05, 0) is 29.6 Å². The first-order chi connectivity index (χ1) is 11.0. The van der Waals surface area contributed by atoms with Crippen LogP contribution in [0.25, 0.3) is 0 Å². The zero-order valence-corrected chi connectivity index (χ0v) is 14.0. The molecule has 0 amide bonds. The molecule has 11 heteroatoms. The Morgan fingerprint density at radius 3 is 2.46 bits per heavy atom. The molecule has 0 fully saturated rings. The van der Waals surface area contributed by atoms with Crippen molar-refractivity contribution in [3.63, 3.8) is 0 Å². The molecule has 130 valence electrons. The highest BCUT2D eigenvalue weighted by atomic mass is 35.5. The number of carbonyl (C=O) groups is 1. The van der Waals surface area contributed by atoms with Crippen molar-refractivity contribution in [1.29, 1.82) is 0 Å². The van der Waals surface area contributed by atoms with Crippen LogP contribution in [0, 0.1) is 0 Å². The zero-order valence-electron chi connectivity index (χ0n) is 11.6. The number of anilines is 1. The van der Waals surface area contributed by atoms with Crippen molar-refractivity contribution in [2.45, 2.75) is 10.4 Å². The Bertz CT molecular complexity index is 851. The largest absolute Gasteiger partial charge is 0.480 e. The Morgan fingerprint density at radius 1 is 1.29 bits per heavy atom. The second-order valence-corrected chi connectivity index (χ2v) is 7.95. The SMILES string of the molecule is O=C(O)CN(c1cc(C(F)(F)F)ccc1Cl)S(=O)(=O)c1cccs1. The molecule has 5 nitrogen and oxygen atoms in total. The second-order valence-electron chi connectivity index (χ2n) is 4.50. The lowest BCUT2D eigenvalue weighted by molar-refractivity contribution is -0.137. The van der Waals surface area contributed by atoms with Crippen molar-refractivity contribution in [2.75, 3.05) is 10.8 Å². The number of hydrogen-bond donors (Lipinski definition) is 1. The lowest BCUT2D eigenvalue weighted by Gasteiger charge is -2.23. The number of aliphatic carboxylic acids is 1. The van der Waals surface area contributed by atoms with E-state index in [4.69, 9.17) is 16.7 Å². The van der Waals surface area contributed by atoms with E-state index in [1.807, 2.05) is 0 Å². The molecule has 2 rings (SSSR count). The number of alkyl halides is 3. The van der Waals surface area contributed by atoms with Crippen LogP contribution in [-0.2, 0) is 21.0 Å². The van der Waals surface area contributed by atoms with E-state index in [9.17, 15) is 26.4 Å². The highest BCUT2D eigenvalue weighted by molar-refractivity contribution is 7.94. The van der Waals surface area contributed by atoms with Crippen LogP contribution in [0.5, 0.6) is 0 Å². The van der Waals surface area contributed by atoms with Crippen molar-refractivity contribution < 1.29 is 31.5 Å². The average Bonchev–Trinajstić information content (AvgIpc) is 2.99. The van der Waals surface area contributed by atoms with E-state index in [1.54, 1.807) is 0 Å². The minimum Gasteiger partial charge on any atom is -0.480 e. The third-order valence-corrected chi connectivity index (χ3v) is 6.31. The van der Waals surface area contributed by atoms with Crippen molar-refractivity contribution in [2.24, 2.45) is 0 Å². The fourth-order valence-corrected chi connectivity index (χ4v) is 4.62. The van der Waals surface area contributed by atoms with Gasteiger partial charge in [-0.2, -0.15) is 13.2 Å². The van der Waals surface area contributed by atoms with Crippen molar-refractivity contribution in [3.8, 4) is 0 Å². The molecule has 2 aromatic rings. The summed E-state index contributed by atoms with van der Waals surface area (Å²) in [6, 6.07) is 4.71. The standard InChI is InChI=1S/C13H9ClF3NO4S2/c14-9-4-3-8(13(15,16)17)6-10(9)18(7-11(19)20)24(21,22)12-2-1-5-23-12/h1-6H,7H2,(H,19,20). The highest BCUT2D eigenvalue weighted by Gasteiger charge is 2.34. The van der Waals surface area contributed by atoms with E-state index in [-0.39, 0.29) is 9.23 Å². The van der Waals surface area contributed by atoms with Crippen LogP contribution in [0.2, 0.25) is 5.02 Å². The van der Waals surface area contributed by atoms with E-state index < -0.39 is 40.0 Å². The van der Waals surface area contributed by atoms with Gasteiger partial charge in [-0.15, -0.1) is 11.3 Å². The molecule has 1 aromatic carbocycles. The van der Waals surface area contributed by atoms with Crippen LogP contribution in [0.4, 0.5) is 18.9 Å². The van der Waals surface area contributed by atoms with Gasteiger partial charge in [0.05, 0.1) is 16.3 Å². The third kappa shape index (κ3) is 3.82. The first kappa shape index (κ1) is 18.6. The van der Waals surface area contributed by atoms with Gasteiger partial charge in [-0.1, -0.05) is 17.7 Å². The Morgan fingerprint density at radius 2 is 1.96 bits per heavy atom. The van der Waals surface area contributed by atoms with Gasteiger partial charge in [0.15, 0.2) is 0 Å². The van der Waals surface area contributed by atoms with Gasteiger partial charge in [-0.25, -0.2) is 8.42 Å². The van der Waals surface area contributed by atoms with Crippen LogP contribution < -0.4 is 4.31 Å².